The number of fused-ring (bicyclic) bond motifs is 1. The van der Waals surface area contributed by atoms with Crippen LogP contribution >= 0.6 is 0 Å². The zero-order valence-electron chi connectivity index (χ0n) is 17.8. The lowest BCUT2D eigenvalue weighted by atomic mass is 10.1. The molecule has 10 nitrogen and oxygen atoms in total. The molecule has 0 spiro atoms. The zero-order valence-corrected chi connectivity index (χ0v) is 17.8. The molecule has 0 saturated carbocycles. The molecule has 10 heteroatoms. The van der Waals surface area contributed by atoms with Gasteiger partial charge in [-0.05, 0) is 11.6 Å². The van der Waals surface area contributed by atoms with E-state index in [-0.39, 0.29) is 18.1 Å². The molecule has 168 valence electrons. The predicted octanol–water partition coefficient (Wildman–Crippen LogP) is 2.22. The van der Waals surface area contributed by atoms with E-state index in [4.69, 9.17) is 9.47 Å². The highest BCUT2D eigenvalue weighted by atomic mass is 16.6. The molecule has 1 aromatic heterocycles. The Morgan fingerprint density at radius 1 is 1.22 bits per heavy atom. The van der Waals surface area contributed by atoms with Crippen molar-refractivity contribution in [2.75, 3.05) is 40.0 Å². The number of ether oxygens (including phenoxy) is 2. The Morgan fingerprint density at radius 3 is 2.75 bits per heavy atom. The predicted molar refractivity (Wildman–Crippen MR) is 118 cm³/mol. The number of amides is 1. The number of aromatic nitrogens is 2. The number of morpholine rings is 1. The molecule has 32 heavy (non-hydrogen) atoms. The van der Waals surface area contributed by atoms with E-state index in [0.29, 0.717) is 42.2 Å². The summed E-state index contributed by atoms with van der Waals surface area (Å²) in [6.45, 7) is 4.72. The van der Waals surface area contributed by atoms with E-state index in [1.165, 1.54) is 12.1 Å². The smallest absolute Gasteiger partial charge is 0.272 e. The summed E-state index contributed by atoms with van der Waals surface area (Å²) in [5.41, 5.74) is 1.69. The van der Waals surface area contributed by atoms with Crippen LogP contribution in [-0.2, 0) is 17.8 Å². The third-order valence-electron chi connectivity index (χ3n) is 5.47. The lowest BCUT2D eigenvalue weighted by Crippen LogP contribution is -2.38. The second kappa shape index (κ2) is 9.75. The number of para-hydroxylation sites is 1. The standard InChI is InChI=1S/C22H25N5O5/c1-31-19-7-3-6-18-20(22(28)23-15-16-4-2-5-17(14-16)27(29)30)24-26(21(18)19)9-8-25-10-12-32-13-11-25/h2-7,14H,8-13,15H2,1H3,(H,23,28). The number of carbonyl (C=O) groups excluding carboxylic acids is 1. The highest BCUT2D eigenvalue weighted by Gasteiger charge is 2.21. The number of nitrogens with zero attached hydrogens (tertiary/aromatic N) is 4. The van der Waals surface area contributed by atoms with Crippen molar-refractivity contribution in [3.05, 3.63) is 63.8 Å². The van der Waals surface area contributed by atoms with E-state index < -0.39 is 4.92 Å². The molecule has 4 rings (SSSR count). The summed E-state index contributed by atoms with van der Waals surface area (Å²) in [4.78, 5) is 25.8. The molecule has 0 atom stereocenters. The van der Waals surface area contributed by atoms with Gasteiger partial charge in [0, 0.05) is 43.7 Å². The first kappa shape index (κ1) is 21.7. The number of hydrogen-bond acceptors (Lipinski definition) is 7. The Kier molecular flexibility index (Phi) is 6.62. The van der Waals surface area contributed by atoms with Crippen molar-refractivity contribution in [3.63, 3.8) is 0 Å². The molecule has 3 aromatic rings. The van der Waals surface area contributed by atoms with Crippen LogP contribution in [0.2, 0.25) is 0 Å². The second-order valence-electron chi connectivity index (χ2n) is 7.49. The number of hydrogen-bond donors (Lipinski definition) is 1. The molecule has 1 aliphatic rings. The van der Waals surface area contributed by atoms with Crippen LogP contribution in [0.5, 0.6) is 5.75 Å². The molecular weight excluding hydrogens is 414 g/mol. The topological polar surface area (TPSA) is 112 Å². The van der Waals surface area contributed by atoms with Crippen molar-refractivity contribution in [2.45, 2.75) is 13.1 Å². The van der Waals surface area contributed by atoms with Crippen LogP contribution in [0.15, 0.2) is 42.5 Å². The molecule has 1 aliphatic heterocycles. The Bertz CT molecular complexity index is 1120. The SMILES string of the molecule is COc1cccc2c(C(=O)NCc3cccc([N+](=O)[O-])c3)nn(CCN3CCOCC3)c12. The van der Waals surface area contributed by atoms with Crippen LogP contribution in [0.1, 0.15) is 16.1 Å². The Hall–Kier alpha value is -3.50. The minimum absolute atomic E-state index is 0.0145. The molecule has 1 fully saturated rings. The van der Waals surface area contributed by atoms with E-state index in [1.54, 1.807) is 19.2 Å². The van der Waals surface area contributed by atoms with Crippen LogP contribution in [-0.4, -0.2) is 65.5 Å². The molecular formula is C22H25N5O5. The molecule has 1 N–H and O–H groups in total. The summed E-state index contributed by atoms with van der Waals surface area (Å²) in [6.07, 6.45) is 0. The molecule has 0 radical (unpaired) electrons. The largest absolute Gasteiger partial charge is 0.494 e. The van der Waals surface area contributed by atoms with Crippen LogP contribution in [0, 0.1) is 10.1 Å². The summed E-state index contributed by atoms with van der Waals surface area (Å²) in [5, 5.41) is 19.1. The second-order valence-corrected chi connectivity index (χ2v) is 7.49. The van der Waals surface area contributed by atoms with Gasteiger partial charge in [-0.15, -0.1) is 0 Å². The van der Waals surface area contributed by atoms with E-state index in [0.717, 1.165) is 25.2 Å². The summed E-state index contributed by atoms with van der Waals surface area (Å²) >= 11 is 0. The first-order valence-electron chi connectivity index (χ1n) is 10.4. The van der Waals surface area contributed by atoms with Crippen molar-refractivity contribution in [3.8, 4) is 5.75 Å². The Morgan fingerprint density at radius 2 is 2.00 bits per heavy atom. The third-order valence-corrected chi connectivity index (χ3v) is 5.47. The minimum Gasteiger partial charge on any atom is -0.494 e. The fourth-order valence-corrected chi connectivity index (χ4v) is 3.81. The van der Waals surface area contributed by atoms with E-state index >= 15 is 0 Å². The van der Waals surface area contributed by atoms with E-state index in [2.05, 4.69) is 15.3 Å². The van der Waals surface area contributed by atoms with Crippen LogP contribution in [0.4, 0.5) is 5.69 Å². The minimum atomic E-state index is -0.457. The first-order chi connectivity index (χ1) is 15.6. The van der Waals surface area contributed by atoms with Gasteiger partial charge in [0.15, 0.2) is 5.69 Å². The van der Waals surface area contributed by atoms with Gasteiger partial charge in [0.05, 0.1) is 31.8 Å². The molecule has 2 heterocycles. The van der Waals surface area contributed by atoms with Gasteiger partial charge >= 0.3 is 0 Å². The highest BCUT2D eigenvalue weighted by molar-refractivity contribution is 6.06. The van der Waals surface area contributed by atoms with Crippen molar-refractivity contribution in [2.24, 2.45) is 0 Å². The molecule has 0 aliphatic carbocycles. The lowest BCUT2D eigenvalue weighted by molar-refractivity contribution is -0.384. The average Bonchev–Trinajstić information content (AvgIpc) is 3.21. The van der Waals surface area contributed by atoms with E-state index in [9.17, 15) is 14.9 Å². The average molecular weight is 439 g/mol. The zero-order chi connectivity index (χ0) is 22.5. The van der Waals surface area contributed by atoms with Gasteiger partial charge in [-0.25, -0.2) is 0 Å². The number of nitrogens with one attached hydrogen (secondary N) is 1. The summed E-state index contributed by atoms with van der Waals surface area (Å²) in [6, 6.07) is 11.7. The maximum Gasteiger partial charge on any atom is 0.272 e. The van der Waals surface area contributed by atoms with Gasteiger partial charge < -0.3 is 14.8 Å². The number of benzene rings is 2. The fraction of sp³-hybridized carbons (Fsp3) is 0.364. The van der Waals surface area contributed by atoms with Crippen molar-refractivity contribution in [1.29, 1.82) is 0 Å². The van der Waals surface area contributed by atoms with Crippen molar-refractivity contribution < 1.29 is 19.2 Å². The quantitative estimate of drug-likeness (QED) is 0.423. The Labute approximate surface area is 184 Å². The van der Waals surface area contributed by atoms with Crippen molar-refractivity contribution in [1.82, 2.24) is 20.0 Å². The fourth-order valence-electron chi connectivity index (χ4n) is 3.81. The Balaban J connectivity index is 1.55. The van der Waals surface area contributed by atoms with Gasteiger partial charge in [0.25, 0.3) is 11.6 Å². The summed E-state index contributed by atoms with van der Waals surface area (Å²) < 4.78 is 12.7. The number of nitro groups is 1. The molecule has 1 amide bonds. The maximum atomic E-state index is 13.0. The van der Waals surface area contributed by atoms with E-state index in [1.807, 2.05) is 22.9 Å². The molecule has 1 saturated heterocycles. The number of nitro benzene ring substituents is 1. The van der Waals surface area contributed by atoms with Crippen LogP contribution in [0.3, 0.4) is 0 Å². The number of methoxy groups -OCH3 is 1. The van der Waals surface area contributed by atoms with Gasteiger partial charge in [-0.2, -0.15) is 5.10 Å². The molecule has 2 aromatic carbocycles. The third kappa shape index (κ3) is 4.71. The molecule has 0 bridgehead atoms. The first-order valence-corrected chi connectivity index (χ1v) is 10.4. The van der Waals surface area contributed by atoms with Crippen molar-refractivity contribution >= 4 is 22.5 Å². The van der Waals surface area contributed by atoms with Gasteiger partial charge in [-0.1, -0.05) is 24.3 Å². The summed E-state index contributed by atoms with van der Waals surface area (Å²) in [5.74, 6) is 0.301. The van der Waals surface area contributed by atoms with Gasteiger partial charge in [0.1, 0.15) is 11.3 Å². The summed E-state index contributed by atoms with van der Waals surface area (Å²) in [7, 11) is 1.59. The number of non-ortho nitro benzene ring substituents is 1. The van der Waals surface area contributed by atoms with Gasteiger partial charge in [0.2, 0.25) is 0 Å². The number of carbonyl (C=O) groups is 1. The molecule has 0 unspecified atom stereocenters. The monoisotopic (exact) mass is 439 g/mol. The number of rotatable bonds is 8. The lowest BCUT2D eigenvalue weighted by Gasteiger charge is -2.26. The highest BCUT2D eigenvalue weighted by Crippen LogP contribution is 2.28. The van der Waals surface area contributed by atoms with Gasteiger partial charge in [-0.3, -0.25) is 24.5 Å². The normalized spacial score (nSPS) is 14.4. The van der Waals surface area contributed by atoms with Crippen LogP contribution < -0.4 is 10.1 Å². The maximum absolute atomic E-state index is 13.0. The van der Waals surface area contributed by atoms with Crippen LogP contribution in [0.25, 0.3) is 10.9 Å².